The molecule has 0 saturated heterocycles. The molecule has 104 valence electrons. The van der Waals surface area contributed by atoms with E-state index in [0.29, 0.717) is 0 Å². The Balaban J connectivity index is 3.30. The van der Waals surface area contributed by atoms with Crippen LogP contribution in [0.4, 0.5) is 18.9 Å². The summed E-state index contributed by atoms with van der Waals surface area (Å²) in [7, 11) is 0. The lowest BCUT2D eigenvalue weighted by Crippen LogP contribution is -2.07. The predicted molar refractivity (Wildman–Crippen MR) is 64.3 cm³/mol. The number of halogens is 4. The quantitative estimate of drug-likeness (QED) is 0.364. The van der Waals surface area contributed by atoms with Crippen LogP contribution >= 0.6 is 23.4 Å². The number of ketones is 1. The fraction of sp³-hybridized carbons (Fsp3) is 0.300. The third kappa shape index (κ3) is 4.39. The minimum absolute atomic E-state index is 0.0953. The average molecular weight is 314 g/mol. The summed E-state index contributed by atoms with van der Waals surface area (Å²) in [6.07, 6.45) is 0. The van der Waals surface area contributed by atoms with Gasteiger partial charge in [0.1, 0.15) is 5.38 Å². The van der Waals surface area contributed by atoms with Crippen molar-refractivity contribution in [3.63, 3.8) is 0 Å². The standard InChI is InChI=1S/C10H7ClF3NO3S/c1-5(16)9(11)7-3-2-6(15(17)18)4-8(7)19-10(12,13)14/h2-4,9H,1H3. The number of carbonyl (C=O) groups is 1. The normalized spacial score (nSPS) is 13.1. The molecular formula is C10H7ClF3NO3S. The largest absolute Gasteiger partial charge is 0.446 e. The van der Waals surface area contributed by atoms with E-state index in [1.165, 1.54) is 0 Å². The number of nitro groups is 1. The molecule has 1 aromatic carbocycles. The van der Waals surface area contributed by atoms with Crippen molar-refractivity contribution in [2.75, 3.05) is 0 Å². The zero-order chi connectivity index (χ0) is 14.8. The van der Waals surface area contributed by atoms with Gasteiger partial charge in [0.05, 0.1) is 4.92 Å². The Kier molecular flexibility index (Phi) is 4.81. The fourth-order valence-corrected chi connectivity index (χ4v) is 2.27. The Morgan fingerprint density at radius 1 is 1.47 bits per heavy atom. The van der Waals surface area contributed by atoms with Gasteiger partial charge in [-0.2, -0.15) is 13.2 Å². The van der Waals surface area contributed by atoms with E-state index in [1.807, 2.05) is 0 Å². The highest BCUT2D eigenvalue weighted by molar-refractivity contribution is 8.00. The second-order valence-electron chi connectivity index (χ2n) is 3.50. The molecule has 0 bridgehead atoms. The van der Waals surface area contributed by atoms with Crippen LogP contribution in [-0.4, -0.2) is 16.2 Å². The SMILES string of the molecule is CC(=O)C(Cl)c1ccc([N+](=O)[O-])cc1SC(F)(F)F. The van der Waals surface area contributed by atoms with Crippen LogP contribution in [0, 0.1) is 10.1 Å². The molecule has 1 atom stereocenters. The molecule has 0 aliphatic heterocycles. The van der Waals surface area contributed by atoms with Crippen molar-refractivity contribution in [2.24, 2.45) is 0 Å². The maximum absolute atomic E-state index is 12.4. The van der Waals surface area contributed by atoms with Gasteiger partial charge in [-0.15, -0.1) is 11.6 Å². The number of hydrogen-bond donors (Lipinski definition) is 0. The zero-order valence-corrected chi connectivity index (χ0v) is 11.0. The molecule has 0 N–H and O–H groups in total. The lowest BCUT2D eigenvalue weighted by molar-refractivity contribution is -0.385. The van der Waals surface area contributed by atoms with Gasteiger partial charge in [0.2, 0.25) is 0 Å². The van der Waals surface area contributed by atoms with E-state index >= 15 is 0 Å². The minimum atomic E-state index is -4.63. The van der Waals surface area contributed by atoms with Crippen molar-refractivity contribution in [2.45, 2.75) is 22.7 Å². The molecule has 9 heteroatoms. The third-order valence-corrected chi connectivity index (χ3v) is 3.41. The number of hydrogen-bond acceptors (Lipinski definition) is 4. The smallest absolute Gasteiger partial charge is 0.298 e. The van der Waals surface area contributed by atoms with E-state index in [-0.39, 0.29) is 5.56 Å². The molecule has 19 heavy (non-hydrogen) atoms. The first-order chi connectivity index (χ1) is 8.61. The summed E-state index contributed by atoms with van der Waals surface area (Å²) in [5, 5.41) is 9.28. The molecule has 0 aromatic heterocycles. The number of nitrogens with zero attached hydrogens (tertiary/aromatic N) is 1. The molecule has 0 fully saturated rings. The Bertz CT molecular complexity index is 521. The highest BCUT2D eigenvalue weighted by Gasteiger charge is 2.33. The van der Waals surface area contributed by atoms with E-state index in [0.717, 1.165) is 25.1 Å². The van der Waals surface area contributed by atoms with Crippen LogP contribution in [0.25, 0.3) is 0 Å². The highest BCUT2D eigenvalue weighted by Crippen LogP contribution is 2.42. The van der Waals surface area contributed by atoms with E-state index < -0.39 is 43.9 Å². The second-order valence-corrected chi connectivity index (χ2v) is 5.04. The monoisotopic (exact) mass is 313 g/mol. The number of non-ortho nitro benzene ring substituents is 1. The molecule has 0 radical (unpaired) electrons. The maximum Gasteiger partial charge on any atom is 0.446 e. The van der Waals surface area contributed by atoms with Crippen LogP contribution in [0.3, 0.4) is 0 Å². The highest BCUT2D eigenvalue weighted by atomic mass is 35.5. The molecule has 1 rings (SSSR count). The topological polar surface area (TPSA) is 60.2 Å². The van der Waals surface area contributed by atoms with Gasteiger partial charge in [0, 0.05) is 17.0 Å². The van der Waals surface area contributed by atoms with Crippen LogP contribution < -0.4 is 0 Å². The number of nitro benzene ring substituents is 1. The lowest BCUT2D eigenvalue weighted by atomic mass is 10.1. The van der Waals surface area contributed by atoms with Crippen molar-refractivity contribution in [1.29, 1.82) is 0 Å². The molecule has 4 nitrogen and oxygen atoms in total. The van der Waals surface area contributed by atoms with Gasteiger partial charge in [0.25, 0.3) is 5.69 Å². The van der Waals surface area contributed by atoms with Gasteiger partial charge in [-0.3, -0.25) is 14.9 Å². The molecule has 0 amide bonds. The van der Waals surface area contributed by atoms with Crippen LogP contribution in [-0.2, 0) is 4.79 Å². The number of benzene rings is 1. The van der Waals surface area contributed by atoms with Gasteiger partial charge in [-0.05, 0) is 30.3 Å². The summed E-state index contributed by atoms with van der Waals surface area (Å²) in [6, 6.07) is 2.82. The Hall–Kier alpha value is -1.28. The van der Waals surface area contributed by atoms with Gasteiger partial charge in [-0.1, -0.05) is 0 Å². The molecule has 0 saturated carbocycles. The Labute approximate surface area is 115 Å². The molecular weight excluding hydrogens is 307 g/mol. The van der Waals surface area contributed by atoms with Gasteiger partial charge >= 0.3 is 5.51 Å². The van der Waals surface area contributed by atoms with Gasteiger partial charge in [-0.25, -0.2) is 0 Å². The number of carbonyl (C=O) groups excluding carboxylic acids is 1. The first-order valence-corrected chi connectivity index (χ1v) is 6.05. The molecule has 1 aromatic rings. The molecule has 0 heterocycles. The summed E-state index contributed by atoms with van der Waals surface area (Å²) in [5.74, 6) is -0.542. The van der Waals surface area contributed by atoms with E-state index in [1.54, 1.807) is 0 Å². The maximum atomic E-state index is 12.4. The molecule has 0 aliphatic rings. The number of alkyl halides is 4. The fourth-order valence-electron chi connectivity index (χ4n) is 1.28. The summed E-state index contributed by atoms with van der Waals surface area (Å²) in [6.45, 7) is 1.13. The van der Waals surface area contributed by atoms with Crippen LogP contribution in [0.15, 0.2) is 23.1 Å². The van der Waals surface area contributed by atoms with Gasteiger partial charge < -0.3 is 0 Å². The van der Waals surface area contributed by atoms with Crippen molar-refractivity contribution < 1.29 is 22.9 Å². The number of thioether (sulfide) groups is 1. The zero-order valence-electron chi connectivity index (χ0n) is 9.40. The number of Topliss-reactive ketones (excluding diaryl/α,β-unsaturated/α-hetero) is 1. The summed E-state index contributed by atoms with van der Waals surface area (Å²) < 4.78 is 37.2. The number of rotatable bonds is 4. The predicted octanol–water partition coefficient (Wildman–Crippen LogP) is 4.08. The minimum Gasteiger partial charge on any atom is -0.298 e. The van der Waals surface area contributed by atoms with Gasteiger partial charge in [0.15, 0.2) is 5.78 Å². The summed E-state index contributed by atoms with van der Waals surface area (Å²) in [5.41, 5.74) is -5.22. The first kappa shape index (κ1) is 15.8. The van der Waals surface area contributed by atoms with Crippen LogP contribution in [0.5, 0.6) is 0 Å². The van der Waals surface area contributed by atoms with Crippen LogP contribution in [0.2, 0.25) is 0 Å². The van der Waals surface area contributed by atoms with E-state index in [2.05, 4.69) is 0 Å². The molecule has 0 spiro atoms. The molecule has 0 aliphatic carbocycles. The lowest BCUT2D eigenvalue weighted by Gasteiger charge is -2.13. The molecule has 1 unspecified atom stereocenters. The Morgan fingerprint density at radius 2 is 2.05 bits per heavy atom. The summed E-state index contributed by atoms with van der Waals surface area (Å²) in [4.78, 5) is 20.4. The van der Waals surface area contributed by atoms with Crippen molar-refractivity contribution in [1.82, 2.24) is 0 Å². The second kappa shape index (κ2) is 5.79. The van der Waals surface area contributed by atoms with E-state index in [9.17, 15) is 28.1 Å². The van der Waals surface area contributed by atoms with Crippen molar-refractivity contribution in [3.8, 4) is 0 Å². The van der Waals surface area contributed by atoms with Crippen LogP contribution in [0.1, 0.15) is 17.9 Å². The average Bonchev–Trinajstić information content (AvgIpc) is 2.25. The van der Waals surface area contributed by atoms with Crippen molar-refractivity contribution in [3.05, 3.63) is 33.9 Å². The first-order valence-electron chi connectivity index (χ1n) is 4.80. The third-order valence-electron chi connectivity index (χ3n) is 2.06. The van der Waals surface area contributed by atoms with E-state index in [4.69, 9.17) is 11.6 Å². The summed E-state index contributed by atoms with van der Waals surface area (Å²) >= 11 is 5.17. The van der Waals surface area contributed by atoms with Crippen molar-refractivity contribution >= 4 is 34.8 Å². The Morgan fingerprint density at radius 3 is 2.47 bits per heavy atom.